The number of hydrogen-bond donors (Lipinski definition) is 0. The van der Waals surface area contributed by atoms with Crippen molar-refractivity contribution < 1.29 is 4.79 Å². The van der Waals surface area contributed by atoms with Crippen LogP contribution in [-0.4, -0.2) is 23.9 Å². The van der Waals surface area contributed by atoms with Crippen LogP contribution in [0.2, 0.25) is 0 Å². The molecule has 0 aromatic carbocycles. The van der Waals surface area contributed by atoms with Crippen LogP contribution in [0.3, 0.4) is 0 Å². The molecule has 0 aliphatic heterocycles. The summed E-state index contributed by atoms with van der Waals surface area (Å²) in [6, 6.07) is 0. The molecule has 0 rings (SSSR count). The summed E-state index contributed by atoms with van der Waals surface area (Å²) >= 11 is 0. The van der Waals surface area contributed by atoms with E-state index in [1.54, 1.807) is 6.08 Å². The van der Waals surface area contributed by atoms with Gasteiger partial charge in [0, 0.05) is 19.5 Å². The highest BCUT2D eigenvalue weighted by molar-refractivity contribution is 5.75. The Morgan fingerprint density at radius 1 is 1.55 bits per heavy atom. The summed E-state index contributed by atoms with van der Waals surface area (Å²) in [5.41, 5.74) is 0. The SMILES string of the molecule is C=CCN(CCC)C(=O)CC. The van der Waals surface area contributed by atoms with Crippen LogP contribution in [-0.2, 0) is 4.79 Å². The van der Waals surface area contributed by atoms with E-state index < -0.39 is 0 Å². The van der Waals surface area contributed by atoms with Gasteiger partial charge < -0.3 is 4.90 Å². The molecule has 2 nitrogen and oxygen atoms in total. The third kappa shape index (κ3) is 3.81. The Morgan fingerprint density at radius 2 is 2.18 bits per heavy atom. The Hall–Kier alpha value is -0.790. The fourth-order valence-corrected chi connectivity index (χ4v) is 0.967. The molecule has 0 unspecified atom stereocenters. The molecule has 11 heavy (non-hydrogen) atoms. The molecule has 0 radical (unpaired) electrons. The van der Waals surface area contributed by atoms with Crippen LogP contribution in [0.25, 0.3) is 0 Å². The molecule has 64 valence electrons. The van der Waals surface area contributed by atoms with Gasteiger partial charge in [-0.3, -0.25) is 4.79 Å². The number of rotatable bonds is 5. The second-order valence-corrected chi connectivity index (χ2v) is 2.48. The maximum absolute atomic E-state index is 11.2. The van der Waals surface area contributed by atoms with E-state index in [9.17, 15) is 4.79 Å². The summed E-state index contributed by atoms with van der Waals surface area (Å²) in [7, 11) is 0. The Morgan fingerprint density at radius 3 is 2.55 bits per heavy atom. The lowest BCUT2D eigenvalue weighted by Gasteiger charge is -2.19. The van der Waals surface area contributed by atoms with Crippen LogP contribution < -0.4 is 0 Å². The molecule has 0 spiro atoms. The maximum atomic E-state index is 11.2. The van der Waals surface area contributed by atoms with Crippen LogP contribution in [0, 0.1) is 0 Å². The first-order valence-electron chi connectivity index (χ1n) is 4.14. The van der Waals surface area contributed by atoms with Crippen molar-refractivity contribution in [3.8, 4) is 0 Å². The molecule has 0 aliphatic carbocycles. The lowest BCUT2D eigenvalue weighted by atomic mass is 10.3. The van der Waals surface area contributed by atoms with Crippen LogP contribution >= 0.6 is 0 Å². The Labute approximate surface area is 68.9 Å². The average Bonchev–Trinajstić information content (AvgIpc) is 2.03. The zero-order chi connectivity index (χ0) is 8.69. The molecule has 0 aliphatic rings. The molecule has 0 heterocycles. The van der Waals surface area contributed by atoms with Crippen molar-refractivity contribution in [2.24, 2.45) is 0 Å². The monoisotopic (exact) mass is 155 g/mol. The largest absolute Gasteiger partial charge is 0.339 e. The maximum Gasteiger partial charge on any atom is 0.222 e. The van der Waals surface area contributed by atoms with Gasteiger partial charge >= 0.3 is 0 Å². The van der Waals surface area contributed by atoms with Gasteiger partial charge in [-0.1, -0.05) is 19.9 Å². The van der Waals surface area contributed by atoms with Gasteiger partial charge in [-0.05, 0) is 6.42 Å². The minimum atomic E-state index is 0.215. The van der Waals surface area contributed by atoms with Crippen LogP contribution in [0.1, 0.15) is 26.7 Å². The highest BCUT2D eigenvalue weighted by Gasteiger charge is 2.06. The van der Waals surface area contributed by atoms with E-state index in [0.29, 0.717) is 13.0 Å². The van der Waals surface area contributed by atoms with Crippen LogP contribution in [0.4, 0.5) is 0 Å². The van der Waals surface area contributed by atoms with Gasteiger partial charge in [-0.15, -0.1) is 6.58 Å². The van der Waals surface area contributed by atoms with Crippen LogP contribution in [0.5, 0.6) is 0 Å². The van der Waals surface area contributed by atoms with Gasteiger partial charge in [0.05, 0.1) is 0 Å². The smallest absolute Gasteiger partial charge is 0.222 e. The minimum absolute atomic E-state index is 0.215. The lowest BCUT2D eigenvalue weighted by Crippen LogP contribution is -2.31. The van der Waals surface area contributed by atoms with Crippen molar-refractivity contribution in [2.75, 3.05) is 13.1 Å². The molecule has 0 bridgehead atoms. The molecule has 0 saturated carbocycles. The normalized spacial score (nSPS) is 9.27. The molecule has 1 amide bonds. The third-order valence-corrected chi connectivity index (χ3v) is 1.50. The topological polar surface area (TPSA) is 20.3 Å². The van der Waals surface area contributed by atoms with E-state index in [4.69, 9.17) is 0 Å². The van der Waals surface area contributed by atoms with Crippen molar-refractivity contribution >= 4 is 5.91 Å². The van der Waals surface area contributed by atoms with E-state index in [1.165, 1.54) is 0 Å². The van der Waals surface area contributed by atoms with Crippen molar-refractivity contribution in [1.82, 2.24) is 4.90 Å². The molecule has 0 aromatic rings. The first kappa shape index (κ1) is 10.2. The first-order valence-corrected chi connectivity index (χ1v) is 4.14. The molecular formula is C9H17NO. The Balaban J connectivity index is 3.86. The summed E-state index contributed by atoms with van der Waals surface area (Å²) in [4.78, 5) is 13.0. The van der Waals surface area contributed by atoms with Gasteiger partial charge in [0.1, 0.15) is 0 Å². The lowest BCUT2D eigenvalue weighted by molar-refractivity contribution is -0.130. The predicted octanol–water partition coefficient (Wildman–Crippen LogP) is 1.82. The van der Waals surface area contributed by atoms with E-state index >= 15 is 0 Å². The first-order chi connectivity index (χ1) is 5.26. The van der Waals surface area contributed by atoms with E-state index in [0.717, 1.165) is 13.0 Å². The highest BCUT2D eigenvalue weighted by atomic mass is 16.2. The fourth-order valence-electron chi connectivity index (χ4n) is 0.967. The summed E-state index contributed by atoms with van der Waals surface area (Å²) < 4.78 is 0. The third-order valence-electron chi connectivity index (χ3n) is 1.50. The number of carbonyl (C=O) groups is 1. The van der Waals surface area contributed by atoms with Crippen molar-refractivity contribution in [3.05, 3.63) is 12.7 Å². The van der Waals surface area contributed by atoms with Gasteiger partial charge in [-0.2, -0.15) is 0 Å². The van der Waals surface area contributed by atoms with Crippen molar-refractivity contribution in [1.29, 1.82) is 0 Å². The summed E-state index contributed by atoms with van der Waals surface area (Å²) in [6.45, 7) is 9.08. The summed E-state index contributed by atoms with van der Waals surface area (Å²) in [5, 5.41) is 0. The zero-order valence-electron chi connectivity index (χ0n) is 7.47. The average molecular weight is 155 g/mol. The molecule has 0 saturated heterocycles. The molecule has 0 N–H and O–H groups in total. The van der Waals surface area contributed by atoms with Gasteiger partial charge in [0.2, 0.25) is 5.91 Å². The van der Waals surface area contributed by atoms with E-state index in [-0.39, 0.29) is 5.91 Å². The predicted molar refractivity (Wildman–Crippen MR) is 47.4 cm³/mol. The van der Waals surface area contributed by atoms with E-state index in [2.05, 4.69) is 13.5 Å². The molecule has 0 fully saturated rings. The quantitative estimate of drug-likeness (QED) is 0.554. The zero-order valence-corrected chi connectivity index (χ0v) is 7.47. The van der Waals surface area contributed by atoms with Crippen molar-refractivity contribution in [2.45, 2.75) is 26.7 Å². The number of amides is 1. The molecular weight excluding hydrogens is 138 g/mol. The van der Waals surface area contributed by atoms with Gasteiger partial charge in [-0.25, -0.2) is 0 Å². The highest BCUT2D eigenvalue weighted by Crippen LogP contribution is 1.95. The summed E-state index contributed by atoms with van der Waals surface area (Å²) in [5.74, 6) is 0.215. The minimum Gasteiger partial charge on any atom is -0.339 e. The van der Waals surface area contributed by atoms with Gasteiger partial charge in [0.15, 0.2) is 0 Å². The van der Waals surface area contributed by atoms with Crippen molar-refractivity contribution in [3.63, 3.8) is 0 Å². The second kappa shape index (κ2) is 5.96. The Bertz CT molecular complexity index is 132. The van der Waals surface area contributed by atoms with E-state index in [1.807, 2.05) is 11.8 Å². The molecule has 0 atom stereocenters. The Kier molecular flexibility index (Phi) is 5.53. The fraction of sp³-hybridized carbons (Fsp3) is 0.667. The number of nitrogens with zero attached hydrogens (tertiary/aromatic N) is 1. The number of carbonyl (C=O) groups excluding carboxylic acids is 1. The standard InChI is InChI=1S/C9H17NO/c1-4-7-10(8-5-2)9(11)6-3/h4H,1,5-8H2,2-3H3. The summed E-state index contributed by atoms with van der Waals surface area (Å²) in [6.07, 6.45) is 3.37. The van der Waals surface area contributed by atoms with Gasteiger partial charge in [0.25, 0.3) is 0 Å². The molecule has 2 heteroatoms. The second-order valence-electron chi connectivity index (χ2n) is 2.48. The number of hydrogen-bond acceptors (Lipinski definition) is 1. The molecule has 0 aromatic heterocycles. The van der Waals surface area contributed by atoms with Crippen LogP contribution in [0.15, 0.2) is 12.7 Å².